The van der Waals surface area contributed by atoms with E-state index in [0.29, 0.717) is 65.6 Å². The fourth-order valence-corrected chi connectivity index (χ4v) is 6.16. The Bertz CT molecular complexity index is 1230. The summed E-state index contributed by atoms with van der Waals surface area (Å²) in [7, 11) is -4.53. The van der Waals surface area contributed by atoms with Gasteiger partial charge in [0.25, 0.3) is 5.91 Å². The molecule has 1 aromatic carbocycles. The lowest BCUT2D eigenvalue weighted by atomic mass is 9.93. The van der Waals surface area contributed by atoms with Gasteiger partial charge in [-0.15, -0.1) is 0 Å². The van der Waals surface area contributed by atoms with Gasteiger partial charge in [0.1, 0.15) is 11.4 Å². The minimum atomic E-state index is -4.53. The van der Waals surface area contributed by atoms with Crippen molar-refractivity contribution in [2.24, 2.45) is 5.41 Å². The van der Waals surface area contributed by atoms with Crippen LogP contribution in [0.1, 0.15) is 66.4 Å². The number of hydrogen-bond donors (Lipinski definition) is 5. The minimum absolute atomic E-state index is 0.142. The number of phosphoric acid groups is 1. The zero-order valence-corrected chi connectivity index (χ0v) is 22.6. The van der Waals surface area contributed by atoms with Gasteiger partial charge in [-0.1, -0.05) is 23.7 Å². The highest BCUT2D eigenvalue weighted by molar-refractivity contribution is 7.46. The van der Waals surface area contributed by atoms with Crippen molar-refractivity contribution < 1.29 is 28.8 Å². The molecule has 11 nitrogen and oxygen atoms in total. The van der Waals surface area contributed by atoms with Crippen LogP contribution in [-0.4, -0.2) is 56.0 Å². The number of carbonyl (C=O) groups is 1. The first-order valence-electron chi connectivity index (χ1n) is 12.9. The number of aliphatic hydroxyl groups is 1. The van der Waals surface area contributed by atoms with E-state index in [1.165, 1.54) is 12.8 Å². The Morgan fingerprint density at radius 3 is 2.61 bits per heavy atom. The number of rotatable bonds is 9. The molecule has 3 fully saturated rings. The zero-order chi connectivity index (χ0) is 26.9. The number of amides is 1. The van der Waals surface area contributed by atoms with E-state index in [1.807, 2.05) is 6.07 Å². The third-order valence-electron chi connectivity index (χ3n) is 7.74. The molecule has 0 unspecified atom stereocenters. The number of nitrogens with zero attached hydrogens (tertiary/aromatic N) is 3. The van der Waals surface area contributed by atoms with Gasteiger partial charge in [0.2, 0.25) is 5.95 Å². The summed E-state index contributed by atoms with van der Waals surface area (Å²) in [5.41, 5.74) is 2.24. The third kappa shape index (κ3) is 6.65. The van der Waals surface area contributed by atoms with E-state index >= 15 is 0 Å². The molecule has 1 amide bonds. The minimum Gasteiger partial charge on any atom is -0.392 e. The van der Waals surface area contributed by atoms with Crippen molar-refractivity contribution in [2.75, 3.05) is 23.3 Å². The van der Waals surface area contributed by atoms with Crippen LogP contribution in [0.4, 0.5) is 11.8 Å². The largest absolute Gasteiger partial charge is 0.469 e. The van der Waals surface area contributed by atoms with Crippen molar-refractivity contribution >= 4 is 37.1 Å². The van der Waals surface area contributed by atoms with Gasteiger partial charge < -0.3 is 30.4 Å². The lowest BCUT2D eigenvalue weighted by molar-refractivity contribution is 0.0820. The van der Waals surface area contributed by atoms with Gasteiger partial charge in [-0.3, -0.25) is 9.32 Å². The van der Waals surface area contributed by atoms with Crippen LogP contribution < -0.4 is 15.5 Å². The third-order valence-corrected chi connectivity index (χ3v) is 8.67. The Balaban J connectivity index is 1.29. The predicted molar refractivity (Wildman–Crippen MR) is 142 cm³/mol. The van der Waals surface area contributed by atoms with Gasteiger partial charge >= 0.3 is 7.82 Å². The number of phosphoric ester groups is 1. The quantitative estimate of drug-likeness (QED) is 0.285. The second-order valence-corrected chi connectivity index (χ2v) is 12.2. The van der Waals surface area contributed by atoms with E-state index in [4.69, 9.17) is 30.9 Å². The van der Waals surface area contributed by atoms with Crippen molar-refractivity contribution in [1.82, 2.24) is 15.3 Å². The number of aromatic nitrogens is 2. The van der Waals surface area contributed by atoms with Crippen LogP contribution in [0, 0.1) is 5.41 Å². The predicted octanol–water partition coefficient (Wildman–Crippen LogP) is 3.38. The summed E-state index contributed by atoms with van der Waals surface area (Å²) in [4.78, 5) is 42.8. The van der Waals surface area contributed by atoms with Crippen LogP contribution in [0.25, 0.3) is 0 Å². The van der Waals surface area contributed by atoms with E-state index in [-0.39, 0.29) is 18.6 Å². The first-order valence-corrected chi connectivity index (χ1v) is 14.8. The molecule has 1 spiro atoms. The Morgan fingerprint density at radius 2 is 1.97 bits per heavy atom. The van der Waals surface area contributed by atoms with Crippen molar-refractivity contribution in [3.63, 3.8) is 0 Å². The fourth-order valence-electron chi connectivity index (χ4n) is 5.30. The Hall–Kier alpha value is -2.27. The number of hydrogen-bond acceptors (Lipinski definition) is 8. The normalized spacial score (nSPS) is 22.5. The molecule has 1 aromatic heterocycles. The lowest BCUT2D eigenvalue weighted by Crippen LogP contribution is -2.39. The van der Waals surface area contributed by atoms with Crippen LogP contribution >= 0.6 is 19.4 Å². The summed E-state index contributed by atoms with van der Waals surface area (Å²) >= 11 is 6.25. The topological polar surface area (TPSA) is 157 Å². The number of carbonyl (C=O) groups excluding carboxylic acids is 1. The molecule has 0 radical (unpaired) electrons. The van der Waals surface area contributed by atoms with Crippen molar-refractivity contribution in [1.29, 1.82) is 0 Å². The first kappa shape index (κ1) is 27.3. The van der Waals surface area contributed by atoms with Crippen molar-refractivity contribution in [2.45, 2.75) is 70.2 Å². The number of anilines is 2. The highest BCUT2D eigenvalue weighted by atomic mass is 35.5. The summed E-state index contributed by atoms with van der Waals surface area (Å²) in [5, 5.41) is 16.2. The summed E-state index contributed by atoms with van der Waals surface area (Å²) in [6.07, 6.45) is 6.61. The van der Waals surface area contributed by atoms with Crippen LogP contribution in [0.5, 0.6) is 0 Å². The average Bonchev–Trinajstić information content (AvgIpc) is 3.51. The summed E-state index contributed by atoms with van der Waals surface area (Å²) in [6.45, 7) is 2.05. The molecule has 0 bridgehead atoms. The maximum Gasteiger partial charge on any atom is 0.469 e. The summed E-state index contributed by atoms with van der Waals surface area (Å²) in [5.74, 6) is 0.703. The SMILES string of the molecule is O=C(NC1CCC(OP(=O)(O)O)CC1)c1cnc(N2CCC3(CC3)C2)nc1NCc1ccc(CO)c(Cl)c1. The maximum absolute atomic E-state index is 13.3. The van der Waals surface area contributed by atoms with Gasteiger partial charge in [0.05, 0.1) is 12.7 Å². The molecule has 13 heteroatoms. The van der Waals surface area contributed by atoms with Gasteiger partial charge in [-0.2, -0.15) is 4.98 Å². The Labute approximate surface area is 226 Å². The maximum atomic E-state index is 13.3. The standard InChI is InChI=1S/C25H33ClN5O6P/c26-21-11-16(1-2-17(21)14-32)12-27-22-20(13-28-24(30-22)31-10-9-25(15-31)7-8-25)23(33)29-18-3-5-19(6-4-18)37-38(34,35)36/h1-2,11,13,18-19,32H,3-10,12,14-15H2,(H,29,33)(H,27,28,30)(H2,34,35,36). The Kier molecular flexibility index (Phi) is 7.96. The van der Waals surface area contributed by atoms with Crippen LogP contribution in [0.2, 0.25) is 5.02 Å². The second kappa shape index (κ2) is 11.1. The molecule has 1 aliphatic heterocycles. The molecule has 2 aliphatic carbocycles. The molecule has 38 heavy (non-hydrogen) atoms. The van der Waals surface area contributed by atoms with Crippen molar-refractivity contribution in [3.8, 4) is 0 Å². The number of nitrogens with one attached hydrogen (secondary N) is 2. The molecule has 5 N–H and O–H groups in total. The van der Waals surface area contributed by atoms with E-state index in [1.54, 1.807) is 18.3 Å². The van der Waals surface area contributed by atoms with Gasteiger partial charge in [-0.25, -0.2) is 9.55 Å². The van der Waals surface area contributed by atoms with Crippen molar-refractivity contribution in [3.05, 3.63) is 46.1 Å². The molecule has 5 rings (SSSR count). The average molecular weight is 566 g/mol. The van der Waals surface area contributed by atoms with Crippen LogP contribution in [0.15, 0.2) is 24.4 Å². The molecule has 2 aromatic rings. The van der Waals surface area contributed by atoms with Gasteiger partial charge in [-0.05, 0) is 67.6 Å². The van der Waals surface area contributed by atoms with Crippen LogP contribution in [-0.2, 0) is 22.2 Å². The monoisotopic (exact) mass is 565 g/mol. The van der Waals surface area contributed by atoms with E-state index < -0.39 is 13.9 Å². The van der Waals surface area contributed by atoms with Gasteiger partial charge in [0.15, 0.2) is 0 Å². The summed E-state index contributed by atoms with van der Waals surface area (Å²) in [6, 6.07) is 5.26. The Morgan fingerprint density at radius 1 is 1.21 bits per heavy atom. The molecule has 0 atom stereocenters. The van der Waals surface area contributed by atoms with E-state index in [0.717, 1.165) is 25.1 Å². The first-order chi connectivity index (χ1) is 18.1. The highest BCUT2D eigenvalue weighted by Crippen LogP contribution is 2.53. The fraction of sp³-hybridized carbons (Fsp3) is 0.560. The van der Waals surface area contributed by atoms with Gasteiger partial charge in [0, 0.05) is 36.9 Å². The molecule has 1 saturated heterocycles. The molecule has 2 saturated carbocycles. The van der Waals surface area contributed by atoms with E-state index in [9.17, 15) is 14.5 Å². The number of benzene rings is 1. The lowest BCUT2D eigenvalue weighted by Gasteiger charge is -2.29. The molecular weight excluding hydrogens is 533 g/mol. The number of aliphatic hydroxyl groups excluding tert-OH is 1. The highest BCUT2D eigenvalue weighted by Gasteiger charge is 2.48. The number of halogens is 1. The van der Waals surface area contributed by atoms with E-state index in [2.05, 4.69) is 20.5 Å². The molecule has 3 aliphatic rings. The molecular formula is C25H33ClN5O6P. The smallest absolute Gasteiger partial charge is 0.392 e. The summed E-state index contributed by atoms with van der Waals surface area (Å²) < 4.78 is 15.9. The second-order valence-electron chi connectivity index (χ2n) is 10.6. The van der Waals surface area contributed by atoms with Crippen LogP contribution in [0.3, 0.4) is 0 Å². The molecule has 2 heterocycles. The molecule has 206 valence electrons. The zero-order valence-electron chi connectivity index (χ0n) is 21.0.